The van der Waals surface area contributed by atoms with Crippen LogP contribution in [-0.2, 0) is 9.47 Å². The Kier molecular flexibility index (Phi) is 4.37. The predicted octanol–water partition coefficient (Wildman–Crippen LogP) is 1.86. The monoisotopic (exact) mass is 283 g/mol. The molecule has 20 heavy (non-hydrogen) atoms. The molecule has 3 aliphatic rings. The molecule has 4 nitrogen and oxygen atoms in total. The third kappa shape index (κ3) is 3.35. The van der Waals surface area contributed by atoms with Gasteiger partial charge in [-0.3, -0.25) is 0 Å². The van der Waals surface area contributed by atoms with Crippen LogP contribution in [0, 0.1) is 5.92 Å². The predicted molar refractivity (Wildman–Crippen MR) is 77.7 cm³/mol. The van der Waals surface area contributed by atoms with Gasteiger partial charge < -0.3 is 19.9 Å². The van der Waals surface area contributed by atoms with E-state index in [0.717, 1.165) is 77.2 Å². The Morgan fingerprint density at radius 3 is 2.65 bits per heavy atom. The van der Waals surface area contributed by atoms with E-state index < -0.39 is 5.60 Å². The smallest absolute Gasteiger partial charge is 0.0951 e. The number of aliphatic hydroxyl groups is 1. The van der Waals surface area contributed by atoms with Gasteiger partial charge in [0.2, 0.25) is 0 Å². The third-order valence-corrected chi connectivity index (χ3v) is 5.48. The fourth-order valence-corrected chi connectivity index (χ4v) is 3.88. The topological polar surface area (TPSA) is 50.7 Å². The summed E-state index contributed by atoms with van der Waals surface area (Å²) in [6.45, 7) is 5.41. The van der Waals surface area contributed by atoms with Crippen LogP contribution < -0.4 is 5.32 Å². The first-order valence-corrected chi connectivity index (χ1v) is 8.27. The van der Waals surface area contributed by atoms with Crippen molar-refractivity contribution < 1.29 is 14.6 Å². The van der Waals surface area contributed by atoms with Gasteiger partial charge in [-0.1, -0.05) is 6.92 Å². The van der Waals surface area contributed by atoms with Gasteiger partial charge in [0.1, 0.15) is 0 Å². The summed E-state index contributed by atoms with van der Waals surface area (Å²) in [5.74, 6) is 0.775. The van der Waals surface area contributed by atoms with Gasteiger partial charge in [-0.05, 0) is 44.4 Å². The lowest BCUT2D eigenvalue weighted by Gasteiger charge is -2.40. The van der Waals surface area contributed by atoms with Crippen LogP contribution in [0.1, 0.15) is 51.9 Å². The summed E-state index contributed by atoms with van der Waals surface area (Å²) in [7, 11) is 0. The van der Waals surface area contributed by atoms with Crippen LogP contribution in [0.15, 0.2) is 0 Å². The molecule has 4 heteroatoms. The highest BCUT2D eigenvalue weighted by Crippen LogP contribution is 2.34. The molecular weight excluding hydrogens is 254 g/mol. The van der Waals surface area contributed by atoms with Crippen LogP contribution in [-0.4, -0.2) is 48.7 Å². The van der Waals surface area contributed by atoms with Crippen LogP contribution in [0.2, 0.25) is 0 Å². The molecule has 0 radical (unpaired) electrons. The van der Waals surface area contributed by atoms with Crippen molar-refractivity contribution >= 4 is 0 Å². The number of hydrogen-bond donors (Lipinski definition) is 2. The Balaban J connectivity index is 1.48. The summed E-state index contributed by atoms with van der Waals surface area (Å²) < 4.78 is 11.5. The minimum absolute atomic E-state index is 0.0420. The first-order valence-electron chi connectivity index (χ1n) is 8.27. The molecular formula is C16H29NO3. The molecule has 0 aromatic heterocycles. The molecule has 0 amide bonds. The van der Waals surface area contributed by atoms with E-state index in [0.29, 0.717) is 6.04 Å². The molecule has 2 atom stereocenters. The molecule has 1 saturated carbocycles. The zero-order valence-corrected chi connectivity index (χ0v) is 12.7. The summed E-state index contributed by atoms with van der Waals surface area (Å²) >= 11 is 0. The maximum atomic E-state index is 10.7. The molecule has 0 aromatic carbocycles. The van der Waals surface area contributed by atoms with Gasteiger partial charge in [0.25, 0.3) is 0 Å². The Morgan fingerprint density at radius 1 is 1.15 bits per heavy atom. The lowest BCUT2D eigenvalue weighted by atomic mass is 9.79. The SMILES string of the molecule is CC1CCC(O)(CNC2CCOC3(CCOC3)C2)CC1. The van der Waals surface area contributed by atoms with Crippen molar-refractivity contribution in [3.8, 4) is 0 Å². The van der Waals surface area contributed by atoms with Crippen molar-refractivity contribution in [2.75, 3.05) is 26.4 Å². The number of hydrogen-bond acceptors (Lipinski definition) is 4. The maximum Gasteiger partial charge on any atom is 0.0951 e. The van der Waals surface area contributed by atoms with Gasteiger partial charge >= 0.3 is 0 Å². The molecule has 0 bridgehead atoms. The highest BCUT2D eigenvalue weighted by molar-refractivity contribution is 4.94. The van der Waals surface area contributed by atoms with E-state index in [1.807, 2.05) is 0 Å². The molecule has 2 unspecified atom stereocenters. The largest absolute Gasteiger partial charge is 0.389 e. The fourth-order valence-electron chi connectivity index (χ4n) is 3.88. The number of ether oxygens (including phenoxy) is 2. The lowest BCUT2D eigenvalue weighted by molar-refractivity contribution is -0.0927. The average Bonchev–Trinajstić information content (AvgIpc) is 2.89. The molecule has 2 aliphatic heterocycles. The van der Waals surface area contributed by atoms with Gasteiger partial charge in [0, 0.05) is 32.2 Å². The van der Waals surface area contributed by atoms with Crippen molar-refractivity contribution in [2.45, 2.75) is 69.1 Å². The molecule has 0 aromatic rings. The molecule has 2 saturated heterocycles. The van der Waals surface area contributed by atoms with E-state index in [1.165, 1.54) is 0 Å². The molecule has 2 heterocycles. The van der Waals surface area contributed by atoms with Gasteiger partial charge in [-0.15, -0.1) is 0 Å². The minimum Gasteiger partial charge on any atom is -0.389 e. The lowest BCUT2D eigenvalue weighted by Crippen LogP contribution is -2.52. The van der Waals surface area contributed by atoms with E-state index in [-0.39, 0.29) is 5.60 Å². The van der Waals surface area contributed by atoms with Crippen LogP contribution >= 0.6 is 0 Å². The van der Waals surface area contributed by atoms with Crippen LogP contribution in [0.25, 0.3) is 0 Å². The third-order valence-electron chi connectivity index (χ3n) is 5.48. The Hall–Kier alpha value is -0.160. The van der Waals surface area contributed by atoms with E-state index in [1.54, 1.807) is 0 Å². The summed E-state index contributed by atoms with van der Waals surface area (Å²) in [5.41, 5.74) is -0.524. The van der Waals surface area contributed by atoms with Crippen LogP contribution in [0.5, 0.6) is 0 Å². The molecule has 1 spiro atoms. The second-order valence-electron chi connectivity index (χ2n) is 7.31. The minimum atomic E-state index is -0.482. The second kappa shape index (κ2) is 5.91. The molecule has 3 rings (SSSR count). The quantitative estimate of drug-likeness (QED) is 0.830. The summed E-state index contributed by atoms with van der Waals surface area (Å²) in [4.78, 5) is 0. The van der Waals surface area contributed by atoms with Gasteiger partial charge in [0.05, 0.1) is 17.8 Å². The second-order valence-corrected chi connectivity index (χ2v) is 7.31. The van der Waals surface area contributed by atoms with Crippen molar-refractivity contribution in [1.29, 1.82) is 0 Å². The standard InChI is InChI=1S/C16H29NO3/c1-13-2-5-15(18,6-3-13)11-17-14-4-8-20-16(10-14)7-9-19-12-16/h13-14,17-18H,2-12H2,1H3. The normalized spacial score (nSPS) is 45.9. The van der Waals surface area contributed by atoms with Gasteiger partial charge in [-0.2, -0.15) is 0 Å². The summed E-state index contributed by atoms with van der Waals surface area (Å²) in [6.07, 6.45) is 7.30. The van der Waals surface area contributed by atoms with Crippen LogP contribution in [0.3, 0.4) is 0 Å². The fraction of sp³-hybridized carbons (Fsp3) is 1.00. The zero-order valence-electron chi connectivity index (χ0n) is 12.7. The molecule has 2 N–H and O–H groups in total. The van der Waals surface area contributed by atoms with E-state index in [2.05, 4.69) is 12.2 Å². The Bertz CT molecular complexity index is 320. The van der Waals surface area contributed by atoms with Crippen LogP contribution in [0.4, 0.5) is 0 Å². The van der Waals surface area contributed by atoms with E-state index >= 15 is 0 Å². The maximum absolute atomic E-state index is 10.7. The number of nitrogens with one attached hydrogen (secondary N) is 1. The molecule has 3 fully saturated rings. The van der Waals surface area contributed by atoms with Crippen molar-refractivity contribution in [3.05, 3.63) is 0 Å². The van der Waals surface area contributed by atoms with Crippen molar-refractivity contribution in [1.82, 2.24) is 5.32 Å². The first kappa shape index (κ1) is 14.8. The summed E-state index contributed by atoms with van der Waals surface area (Å²) in [6, 6.07) is 0.467. The van der Waals surface area contributed by atoms with Crippen molar-refractivity contribution in [2.24, 2.45) is 5.92 Å². The highest BCUT2D eigenvalue weighted by Gasteiger charge is 2.41. The molecule has 116 valence electrons. The number of rotatable bonds is 3. The average molecular weight is 283 g/mol. The Labute approximate surface area is 122 Å². The van der Waals surface area contributed by atoms with Crippen molar-refractivity contribution in [3.63, 3.8) is 0 Å². The zero-order chi connectivity index (χ0) is 14.1. The van der Waals surface area contributed by atoms with Gasteiger partial charge in [0.15, 0.2) is 0 Å². The molecule has 1 aliphatic carbocycles. The first-order chi connectivity index (χ1) is 9.59. The summed E-state index contributed by atoms with van der Waals surface area (Å²) in [5, 5.41) is 14.3. The van der Waals surface area contributed by atoms with E-state index in [4.69, 9.17) is 9.47 Å². The highest BCUT2D eigenvalue weighted by atomic mass is 16.6. The van der Waals surface area contributed by atoms with Gasteiger partial charge in [-0.25, -0.2) is 0 Å². The van der Waals surface area contributed by atoms with E-state index in [9.17, 15) is 5.11 Å². The Morgan fingerprint density at radius 2 is 1.95 bits per heavy atom.